The van der Waals surface area contributed by atoms with E-state index in [0.29, 0.717) is 5.56 Å². The molecular formula is C11H11F2N. The lowest BCUT2D eigenvalue weighted by Gasteiger charge is -2.15. The SMILES string of the molecule is C#Cc1ccc(C(F)(F)CCN)cc1. The van der Waals surface area contributed by atoms with Crippen molar-refractivity contribution in [3.05, 3.63) is 35.4 Å². The first-order valence-corrected chi connectivity index (χ1v) is 4.25. The van der Waals surface area contributed by atoms with Gasteiger partial charge in [0.1, 0.15) is 0 Å². The van der Waals surface area contributed by atoms with Gasteiger partial charge in [-0.2, -0.15) is 0 Å². The van der Waals surface area contributed by atoms with E-state index in [1.165, 1.54) is 24.3 Å². The van der Waals surface area contributed by atoms with Gasteiger partial charge in [0.25, 0.3) is 5.92 Å². The second-order valence-corrected chi connectivity index (χ2v) is 2.96. The number of alkyl halides is 2. The van der Waals surface area contributed by atoms with Gasteiger partial charge in [-0.1, -0.05) is 18.1 Å². The highest BCUT2D eigenvalue weighted by atomic mass is 19.3. The zero-order chi connectivity index (χ0) is 10.6. The molecule has 0 unspecified atom stereocenters. The number of benzene rings is 1. The Labute approximate surface area is 81.9 Å². The minimum absolute atomic E-state index is 0.0378. The Morgan fingerprint density at radius 1 is 1.29 bits per heavy atom. The lowest BCUT2D eigenvalue weighted by molar-refractivity contribution is -0.0107. The summed E-state index contributed by atoms with van der Waals surface area (Å²) in [6.45, 7) is -0.0378. The van der Waals surface area contributed by atoms with Crippen LogP contribution in [0.3, 0.4) is 0 Å². The summed E-state index contributed by atoms with van der Waals surface area (Å²) in [5.74, 6) is -0.491. The number of hydrogen-bond donors (Lipinski definition) is 1. The lowest BCUT2D eigenvalue weighted by Crippen LogP contribution is -2.18. The van der Waals surface area contributed by atoms with Crippen molar-refractivity contribution in [3.8, 4) is 12.3 Å². The Morgan fingerprint density at radius 2 is 1.86 bits per heavy atom. The number of nitrogens with two attached hydrogens (primary N) is 1. The zero-order valence-corrected chi connectivity index (χ0v) is 7.63. The summed E-state index contributed by atoms with van der Waals surface area (Å²) in [4.78, 5) is 0. The Bertz CT molecular complexity index is 335. The Hall–Kier alpha value is -1.40. The summed E-state index contributed by atoms with van der Waals surface area (Å²) in [6, 6.07) is 5.68. The molecule has 0 atom stereocenters. The molecule has 0 aliphatic heterocycles. The van der Waals surface area contributed by atoms with E-state index in [2.05, 4.69) is 5.92 Å². The highest BCUT2D eigenvalue weighted by molar-refractivity contribution is 5.35. The summed E-state index contributed by atoms with van der Waals surface area (Å²) in [6.07, 6.45) is 4.77. The monoisotopic (exact) mass is 195 g/mol. The van der Waals surface area contributed by atoms with Crippen LogP contribution in [-0.2, 0) is 5.92 Å². The maximum absolute atomic E-state index is 13.3. The Balaban J connectivity index is 2.92. The second kappa shape index (κ2) is 4.21. The van der Waals surface area contributed by atoms with E-state index in [0.717, 1.165) is 0 Å². The van der Waals surface area contributed by atoms with E-state index >= 15 is 0 Å². The molecule has 1 nitrogen and oxygen atoms in total. The van der Waals surface area contributed by atoms with Gasteiger partial charge in [-0.15, -0.1) is 6.42 Å². The van der Waals surface area contributed by atoms with Gasteiger partial charge in [0.15, 0.2) is 0 Å². The van der Waals surface area contributed by atoms with Gasteiger partial charge < -0.3 is 5.73 Å². The highest BCUT2D eigenvalue weighted by Gasteiger charge is 2.29. The molecule has 3 heteroatoms. The molecule has 2 N–H and O–H groups in total. The lowest BCUT2D eigenvalue weighted by atomic mass is 10.0. The summed E-state index contributed by atoms with van der Waals surface area (Å²) >= 11 is 0. The van der Waals surface area contributed by atoms with Crippen molar-refractivity contribution in [2.45, 2.75) is 12.3 Å². The summed E-state index contributed by atoms with van der Waals surface area (Å²) in [5.41, 5.74) is 5.65. The molecule has 0 saturated carbocycles. The average Bonchev–Trinajstić information content (AvgIpc) is 2.18. The minimum Gasteiger partial charge on any atom is -0.330 e. The van der Waals surface area contributed by atoms with Crippen molar-refractivity contribution in [2.75, 3.05) is 6.54 Å². The third-order valence-corrected chi connectivity index (χ3v) is 1.93. The second-order valence-electron chi connectivity index (χ2n) is 2.96. The summed E-state index contributed by atoms with van der Waals surface area (Å²) < 4.78 is 26.5. The molecule has 0 heterocycles. The molecule has 0 fully saturated rings. The van der Waals surface area contributed by atoms with E-state index in [4.69, 9.17) is 12.2 Å². The third kappa shape index (κ3) is 2.30. The fourth-order valence-corrected chi connectivity index (χ4v) is 1.14. The first kappa shape index (κ1) is 10.7. The summed E-state index contributed by atoms with van der Waals surface area (Å²) in [7, 11) is 0. The number of terminal acetylenes is 1. The molecule has 0 saturated heterocycles. The van der Waals surface area contributed by atoms with Crippen molar-refractivity contribution in [3.63, 3.8) is 0 Å². The Morgan fingerprint density at radius 3 is 2.29 bits per heavy atom. The predicted octanol–water partition coefficient (Wildman–Crippen LogP) is 2.11. The van der Waals surface area contributed by atoms with Gasteiger partial charge in [0, 0.05) is 17.5 Å². The van der Waals surface area contributed by atoms with Gasteiger partial charge in [-0.05, 0) is 18.7 Å². The molecule has 0 aliphatic rings. The van der Waals surface area contributed by atoms with Crippen molar-refractivity contribution >= 4 is 0 Å². The molecule has 0 amide bonds. The van der Waals surface area contributed by atoms with E-state index < -0.39 is 5.92 Å². The van der Waals surface area contributed by atoms with E-state index in [-0.39, 0.29) is 18.5 Å². The molecular weight excluding hydrogens is 184 g/mol. The molecule has 1 rings (SSSR count). The molecule has 0 bridgehead atoms. The molecule has 1 aromatic carbocycles. The molecule has 14 heavy (non-hydrogen) atoms. The van der Waals surface area contributed by atoms with Crippen molar-refractivity contribution in [1.29, 1.82) is 0 Å². The summed E-state index contributed by atoms with van der Waals surface area (Å²) in [5, 5.41) is 0. The van der Waals surface area contributed by atoms with Crippen LogP contribution in [0.1, 0.15) is 17.5 Å². The molecule has 74 valence electrons. The van der Waals surface area contributed by atoms with Crippen LogP contribution in [0.15, 0.2) is 24.3 Å². The van der Waals surface area contributed by atoms with Crippen LogP contribution in [0.2, 0.25) is 0 Å². The number of hydrogen-bond acceptors (Lipinski definition) is 1. The minimum atomic E-state index is -2.86. The van der Waals surface area contributed by atoms with Crippen LogP contribution in [0.5, 0.6) is 0 Å². The topological polar surface area (TPSA) is 26.0 Å². The third-order valence-electron chi connectivity index (χ3n) is 1.93. The maximum atomic E-state index is 13.3. The predicted molar refractivity (Wildman–Crippen MR) is 51.9 cm³/mol. The van der Waals surface area contributed by atoms with Crippen LogP contribution in [0, 0.1) is 12.3 Å². The fraction of sp³-hybridized carbons (Fsp3) is 0.273. The first-order valence-electron chi connectivity index (χ1n) is 4.25. The van der Waals surface area contributed by atoms with E-state index in [9.17, 15) is 8.78 Å². The Kier molecular flexibility index (Phi) is 3.21. The van der Waals surface area contributed by atoms with Gasteiger partial charge in [-0.3, -0.25) is 0 Å². The van der Waals surface area contributed by atoms with Crippen molar-refractivity contribution in [1.82, 2.24) is 0 Å². The van der Waals surface area contributed by atoms with Crippen LogP contribution in [0.4, 0.5) is 8.78 Å². The van der Waals surface area contributed by atoms with Crippen LogP contribution < -0.4 is 5.73 Å². The molecule has 0 radical (unpaired) electrons. The largest absolute Gasteiger partial charge is 0.330 e. The quantitative estimate of drug-likeness (QED) is 0.734. The molecule has 0 aliphatic carbocycles. The normalized spacial score (nSPS) is 11.0. The van der Waals surface area contributed by atoms with E-state index in [1.807, 2.05) is 0 Å². The van der Waals surface area contributed by atoms with Crippen LogP contribution >= 0.6 is 0 Å². The standard InChI is InChI=1S/C11H11F2N/c1-2-9-3-5-10(6-4-9)11(12,13)7-8-14/h1,3-6H,7-8,14H2. The zero-order valence-electron chi connectivity index (χ0n) is 7.63. The highest BCUT2D eigenvalue weighted by Crippen LogP contribution is 2.30. The number of halogens is 2. The first-order chi connectivity index (χ1) is 6.60. The fourth-order valence-electron chi connectivity index (χ4n) is 1.14. The number of rotatable bonds is 3. The smallest absolute Gasteiger partial charge is 0.274 e. The van der Waals surface area contributed by atoms with Crippen LogP contribution in [0.25, 0.3) is 0 Å². The average molecular weight is 195 g/mol. The van der Waals surface area contributed by atoms with E-state index in [1.54, 1.807) is 0 Å². The van der Waals surface area contributed by atoms with Crippen molar-refractivity contribution in [2.24, 2.45) is 5.73 Å². The van der Waals surface area contributed by atoms with Crippen LogP contribution in [-0.4, -0.2) is 6.54 Å². The van der Waals surface area contributed by atoms with Crippen molar-refractivity contribution < 1.29 is 8.78 Å². The van der Waals surface area contributed by atoms with Gasteiger partial charge in [-0.25, -0.2) is 8.78 Å². The molecule has 0 spiro atoms. The molecule has 1 aromatic rings. The molecule has 0 aromatic heterocycles. The van der Waals surface area contributed by atoms with Gasteiger partial charge in [0.05, 0.1) is 0 Å². The van der Waals surface area contributed by atoms with Gasteiger partial charge in [0.2, 0.25) is 0 Å². The maximum Gasteiger partial charge on any atom is 0.274 e. The van der Waals surface area contributed by atoms with Gasteiger partial charge >= 0.3 is 0 Å².